The summed E-state index contributed by atoms with van der Waals surface area (Å²) in [4.78, 5) is 23.5. The number of carbonyl (C=O) groups excluding carboxylic acids is 1. The van der Waals surface area contributed by atoms with Crippen molar-refractivity contribution >= 4 is 21.9 Å². The van der Waals surface area contributed by atoms with Crippen molar-refractivity contribution in [1.29, 1.82) is 0 Å². The van der Waals surface area contributed by atoms with E-state index in [0.29, 0.717) is 0 Å². The van der Waals surface area contributed by atoms with E-state index in [1.807, 2.05) is 0 Å². The van der Waals surface area contributed by atoms with Crippen molar-refractivity contribution < 1.29 is 23.1 Å². The third kappa shape index (κ3) is 4.42. The average Bonchev–Trinajstić information content (AvgIpc) is 2.61. The Morgan fingerprint density at radius 1 is 1.19 bits per heavy atom. The van der Waals surface area contributed by atoms with E-state index in [1.54, 1.807) is 7.05 Å². The second kappa shape index (κ2) is 7.75. The highest BCUT2D eigenvalue weighted by Crippen LogP contribution is 2.26. The maximum absolute atomic E-state index is 12.9. The lowest BCUT2D eigenvalue weighted by Gasteiger charge is -2.30. The molecule has 26 heavy (non-hydrogen) atoms. The van der Waals surface area contributed by atoms with Crippen molar-refractivity contribution in [1.82, 2.24) is 9.62 Å². The van der Waals surface area contributed by atoms with Gasteiger partial charge in [-0.05, 0) is 44.9 Å². The molecule has 0 radical (unpaired) electrons. The van der Waals surface area contributed by atoms with Crippen molar-refractivity contribution in [3.8, 4) is 0 Å². The number of aliphatic carboxylic acids is 1. The Hall–Kier alpha value is -1.93. The third-order valence-electron chi connectivity index (χ3n) is 4.82. The quantitative estimate of drug-likeness (QED) is 0.785. The number of carboxylic acid groups (broad SMARTS) is 1. The molecule has 1 aromatic carbocycles. The first kappa shape index (κ1) is 20.4. The van der Waals surface area contributed by atoms with Gasteiger partial charge in [0, 0.05) is 18.7 Å². The predicted octanol–water partition coefficient (Wildman–Crippen LogP) is 2.23. The highest BCUT2D eigenvalue weighted by atomic mass is 32.2. The Balaban J connectivity index is 2.24. The standard InChI is InChI=1S/C18H26N2O5S/c1-18(2,17(22)23)19-16(21)13-8-7-11-15(12-13)26(24,25)20(3)14-9-5-4-6-10-14/h7-8,11-12,14H,4-6,9-10H2,1-3H3,(H,19,21)(H,22,23). The second-order valence-corrected chi connectivity index (χ2v) is 9.22. The number of hydrogen-bond donors (Lipinski definition) is 2. The van der Waals surface area contributed by atoms with Gasteiger partial charge in [0.15, 0.2) is 0 Å². The molecular weight excluding hydrogens is 356 g/mol. The van der Waals surface area contributed by atoms with Crippen LogP contribution >= 0.6 is 0 Å². The minimum atomic E-state index is -3.72. The number of benzene rings is 1. The summed E-state index contributed by atoms with van der Waals surface area (Å²) < 4.78 is 27.2. The van der Waals surface area contributed by atoms with Crippen LogP contribution in [-0.2, 0) is 14.8 Å². The molecule has 0 unspecified atom stereocenters. The molecule has 144 valence electrons. The van der Waals surface area contributed by atoms with Crippen LogP contribution in [0.25, 0.3) is 0 Å². The summed E-state index contributed by atoms with van der Waals surface area (Å²) in [6, 6.07) is 5.67. The summed E-state index contributed by atoms with van der Waals surface area (Å²) in [5, 5.41) is 11.5. The van der Waals surface area contributed by atoms with Gasteiger partial charge in [-0.15, -0.1) is 0 Å². The summed E-state index contributed by atoms with van der Waals surface area (Å²) in [5.41, 5.74) is -1.34. The average molecular weight is 382 g/mol. The molecule has 1 fully saturated rings. The van der Waals surface area contributed by atoms with Crippen molar-refractivity contribution in [2.24, 2.45) is 0 Å². The number of nitrogens with one attached hydrogen (secondary N) is 1. The van der Waals surface area contributed by atoms with Gasteiger partial charge in [0.1, 0.15) is 5.54 Å². The first-order valence-corrected chi connectivity index (χ1v) is 10.1. The maximum Gasteiger partial charge on any atom is 0.328 e. The fourth-order valence-electron chi connectivity index (χ4n) is 3.01. The summed E-state index contributed by atoms with van der Waals surface area (Å²) in [6.07, 6.45) is 4.82. The van der Waals surface area contributed by atoms with Crippen molar-refractivity contribution in [2.45, 2.75) is 62.4 Å². The van der Waals surface area contributed by atoms with Crippen LogP contribution in [0.15, 0.2) is 29.2 Å². The van der Waals surface area contributed by atoms with E-state index in [2.05, 4.69) is 5.32 Å². The van der Waals surface area contributed by atoms with Crippen molar-refractivity contribution in [3.05, 3.63) is 29.8 Å². The van der Waals surface area contributed by atoms with Crippen LogP contribution in [0.1, 0.15) is 56.3 Å². The second-order valence-electron chi connectivity index (χ2n) is 7.23. The predicted molar refractivity (Wildman–Crippen MR) is 97.4 cm³/mol. The van der Waals surface area contributed by atoms with Gasteiger partial charge < -0.3 is 10.4 Å². The van der Waals surface area contributed by atoms with Crippen molar-refractivity contribution in [2.75, 3.05) is 7.05 Å². The number of rotatable bonds is 6. The van der Waals surface area contributed by atoms with E-state index in [4.69, 9.17) is 5.11 Å². The van der Waals surface area contributed by atoms with E-state index >= 15 is 0 Å². The Morgan fingerprint density at radius 3 is 2.38 bits per heavy atom. The zero-order valence-corrected chi connectivity index (χ0v) is 16.2. The highest BCUT2D eigenvalue weighted by molar-refractivity contribution is 7.89. The van der Waals surface area contributed by atoms with Gasteiger partial charge in [0.05, 0.1) is 4.90 Å². The first-order chi connectivity index (χ1) is 12.1. The molecule has 7 nitrogen and oxygen atoms in total. The van der Waals surface area contributed by atoms with Gasteiger partial charge >= 0.3 is 5.97 Å². The topological polar surface area (TPSA) is 104 Å². The number of carboxylic acids is 1. The molecule has 2 rings (SSSR count). The van der Waals surface area contributed by atoms with E-state index in [9.17, 15) is 18.0 Å². The molecule has 0 atom stereocenters. The van der Waals surface area contributed by atoms with Gasteiger partial charge in [0.2, 0.25) is 10.0 Å². The molecule has 0 saturated heterocycles. The molecule has 0 aromatic heterocycles. The fourth-order valence-corrected chi connectivity index (χ4v) is 4.48. The minimum absolute atomic E-state index is 0.0304. The molecule has 1 saturated carbocycles. The SMILES string of the molecule is CN(C1CCCCC1)S(=O)(=O)c1cccc(C(=O)NC(C)(C)C(=O)O)c1. The van der Waals surface area contributed by atoms with Gasteiger partial charge in [0.25, 0.3) is 5.91 Å². The molecule has 1 aliphatic carbocycles. The summed E-state index contributed by atoms with van der Waals surface area (Å²) in [5.74, 6) is -1.80. The van der Waals surface area contributed by atoms with E-state index in [0.717, 1.165) is 32.1 Å². The van der Waals surface area contributed by atoms with E-state index < -0.39 is 27.4 Å². The molecule has 1 amide bonds. The summed E-state index contributed by atoms with van der Waals surface area (Å²) in [6.45, 7) is 2.73. The first-order valence-electron chi connectivity index (χ1n) is 8.70. The molecule has 0 bridgehead atoms. The molecule has 2 N–H and O–H groups in total. The van der Waals surface area contributed by atoms with Gasteiger partial charge in [-0.1, -0.05) is 25.3 Å². The van der Waals surface area contributed by atoms with Crippen LogP contribution < -0.4 is 5.32 Å². The Bertz CT molecular complexity index is 783. The number of sulfonamides is 1. The Morgan fingerprint density at radius 2 is 1.81 bits per heavy atom. The zero-order valence-electron chi connectivity index (χ0n) is 15.4. The molecule has 1 aliphatic rings. The van der Waals surface area contributed by atoms with E-state index in [1.165, 1.54) is 42.4 Å². The largest absolute Gasteiger partial charge is 0.480 e. The molecule has 0 heterocycles. The van der Waals surface area contributed by atoms with Crippen LogP contribution in [0.3, 0.4) is 0 Å². The number of hydrogen-bond acceptors (Lipinski definition) is 4. The minimum Gasteiger partial charge on any atom is -0.480 e. The lowest BCUT2D eigenvalue weighted by atomic mass is 9.96. The smallest absolute Gasteiger partial charge is 0.328 e. The zero-order chi connectivity index (χ0) is 19.5. The molecule has 0 spiro atoms. The lowest BCUT2D eigenvalue weighted by molar-refractivity contribution is -0.143. The van der Waals surface area contributed by atoms with Crippen LogP contribution in [0.4, 0.5) is 0 Å². The molecule has 0 aliphatic heterocycles. The Kier molecular flexibility index (Phi) is 6.08. The number of nitrogens with zero attached hydrogens (tertiary/aromatic N) is 1. The van der Waals surface area contributed by atoms with Crippen LogP contribution in [0, 0.1) is 0 Å². The molecular formula is C18H26N2O5S. The summed E-state index contributed by atoms with van der Waals surface area (Å²) >= 11 is 0. The monoisotopic (exact) mass is 382 g/mol. The van der Waals surface area contributed by atoms with Gasteiger partial charge in [-0.2, -0.15) is 4.31 Å². The molecule has 1 aromatic rings. The third-order valence-corrected chi connectivity index (χ3v) is 6.73. The molecule has 8 heteroatoms. The lowest BCUT2D eigenvalue weighted by Crippen LogP contribution is -2.49. The fraction of sp³-hybridized carbons (Fsp3) is 0.556. The van der Waals surface area contributed by atoms with Crippen LogP contribution in [0.5, 0.6) is 0 Å². The maximum atomic E-state index is 12.9. The van der Waals surface area contributed by atoms with Gasteiger partial charge in [-0.3, -0.25) is 4.79 Å². The van der Waals surface area contributed by atoms with Crippen molar-refractivity contribution in [3.63, 3.8) is 0 Å². The number of carbonyl (C=O) groups is 2. The normalized spacial score (nSPS) is 16.5. The summed E-state index contributed by atoms with van der Waals surface area (Å²) in [7, 11) is -2.14. The highest BCUT2D eigenvalue weighted by Gasteiger charge is 2.31. The Labute approximate surface area is 154 Å². The van der Waals surface area contributed by atoms with Crippen LogP contribution in [-0.4, -0.2) is 48.3 Å². The number of amides is 1. The van der Waals surface area contributed by atoms with E-state index in [-0.39, 0.29) is 16.5 Å². The van der Waals surface area contributed by atoms with Crippen LogP contribution in [0.2, 0.25) is 0 Å². The van der Waals surface area contributed by atoms with Gasteiger partial charge in [-0.25, -0.2) is 13.2 Å².